The van der Waals surface area contributed by atoms with Gasteiger partial charge in [-0.25, -0.2) is 4.98 Å². The number of aromatic nitrogens is 4. The van der Waals surface area contributed by atoms with Gasteiger partial charge in [0.2, 0.25) is 5.91 Å². The summed E-state index contributed by atoms with van der Waals surface area (Å²) in [5.74, 6) is -0.119. The van der Waals surface area contributed by atoms with E-state index in [9.17, 15) is 9.59 Å². The first-order chi connectivity index (χ1) is 14.6. The number of hydrogen-bond acceptors (Lipinski definition) is 5. The molecule has 1 aliphatic heterocycles. The lowest BCUT2D eigenvalue weighted by atomic mass is 10.0. The van der Waals surface area contributed by atoms with Crippen LogP contribution in [0.25, 0.3) is 0 Å². The van der Waals surface area contributed by atoms with Crippen molar-refractivity contribution in [2.75, 3.05) is 11.9 Å². The van der Waals surface area contributed by atoms with Crippen LogP contribution in [0.5, 0.6) is 0 Å². The number of benzene rings is 1. The highest BCUT2D eigenvalue weighted by Crippen LogP contribution is 2.22. The number of amides is 2. The molecule has 1 aromatic carbocycles. The third-order valence-electron chi connectivity index (χ3n) is 5.27. The fourth-order valence-electron chi connectivity index (χ4n) is 3.57. The lowest BCUT2D eigenvalue weighted by Gasteiger charge is -2.28. The molecular weight excluding hydrogens is 380 g/mol. The van der Waals surface area contributed by atoms with Crippen LogP contribution in [0.1, 0.15) is 40.0 Å². The summed E-state index contributed by atoms with van der Waals surface area (Å²) in [5, 5.41) is 6.97. The Kier molecular flexibility index (Phi) is 5.83. The number of carbonyl (C=O) groups excluding carboxylic acids is 2. The normalized spacial score (nSPS) is 13.0. The van der Waals surface area contributed by atoms with Crippen LogP contribution in [0.3, 0.4) is 0 Å². The monoisotopic (exact) mass is 404 g/mol. The molecule has 2 amide bonds. The van der Waals surface area contributed by atoms with Gasteiger partial charge >= 0.3 is 0 Å². The minimum Gasteiger partial charge on any atom is -0.334 e. The molecule has 0 saturated carbocycles. The van der Waals surface area contributed by atoms with Crippen molar-refractivity contribution in [3.8, 4) is 0 Å². The summed E-state index contributed by atoms with van der Waals surface area (Å²) in [6, 6.07) is 9.37. The van der Waals surface area contributed by atoms with Crippen LogP contribution < -0.4 is 5.32 Å². The Bertz CT molecular complexity index is 1050. The van der Waals surface area contributed by atoms with E-state index in [1.54, 1.807) is 23.3 Å². The minimum atomic E-state index is -0.0826. The second-order valence-corrected chi connectivity index (χ2v) is 7.43. The van der Waals surface area contributed by atoms with Crippen molar-refractivity contribution in [1.82, 2.24) is 24.6 Å². The zero-order valence-corrected chi connectivity index (χ0v) is 16.9. The Hall–Kier alpha value is -3.55. The summed E-state index contributed by atoms with van der Waals surface area (Å²) in [6.45, 7) is 3.75. The number of nitrogens with one attached hydrogen (secondary N) is 1. The molecule has 0 atom stereocenters. The molecule has 0 spiro atoms. The molecule has 2 aromatic heterocycles. The molecule has 3 aromatic rings. The fourth-order valence-corrected chi connectivity index (χ4v) is 3.57. The van der Waals surface area contributed by atoms with Gasteiger partial charge in [-0.3, -0.25) is 19.3 Å². The Morgan fingerprint density at radius 3 is 2.97 bits per heavy atom. The van der Waals surface area contributed by atoms with Crippen molar-refractivity contribution in [2.45, 2.75) is 39.3 Å². The zero-order chi connectivity index (χ0) is 20.9. The van der Waals surface area contributed by atoms with Crippen molar-refractivity contribution >= 4 is 17.5 Å². The van der Waals surface area contributed by atoms with Gasteiger partial charge < -0.3 is 10.2 Å². The maximum atomic E-state index is 13.0. The predicted octanol–water partition coefficient (Wildman–Crippen LogP) is 2.60. The Morgan fingerprint density at radius 1 is 1.23 bits per heavy atom. The van der Waals surface area contributed by atoms with Crippen molar-refractivity contribution in [3.63, 3.8) is 0 Å². The molecule has 154 valence electrons. The number of pyridine rings is 1. The molecule has 1 N–H and O–H groups in total. The standard InChI is InChI=1S/C22H24N6O2/c1-16-6-7-17(22(30)27-11-8-19-18(13-27)4-2-9-24-19)12-20(16)26-21(29)5-3-10-28-15-23-14-25-28/h2,4,6-7,9,12,14-15H,3,5,8,10-11,13H2,1H3,(H,26,29). The van der Waals surface area contributed by atoms with E-state index in [1.807, 2.05) is 36.1 Å². The molecule has 0 bridgehead atoms. The number of fused-ring (bicyclic) bond motifs is 1. The van der Waals surface area contributed by atoms with Gasteiger partial charge in [0.1, 0.15) is 12.7 Å². The van der Waals surface area contributed by atoms with Gasteiger partial charge in [-0.2, -0.15) is 5.10 Å². The van der Waals surface area contributed by atoms with Gasteiger partial charge in [-0.15, -0.1) is 0 Å². The fraction of sp³-hybridized carbons (Fsp3) is 0.318. The third kappa shape index (κ3) is 4.53. The number of nitrogens with zero attached hydrogens (tertiary/aromatic N) is 5. The SMILES string of the molecule is Cc1ccc(C(=O)N2CCc3ncccc3C2)cc1NC(=O)CCCn1cncn1. The van der Waals surface area contributed by atoms with E-state index >= 15 is 0 Å². The van der Waals surface area contributed by atoms with Crippen molar-refractivity contribution in [2.24, 2.45) is 0 Å². The maximum Gasteiger partial charge on any atom is 0.254 e. The Labute approximate surface area is 175 Å². The number of rotatable bonds is 6. The van der Waals surface area contributed by atoms with Crippen LogP contribution in [-0.2, 0) is 24.3 Å². The molecule has 30 heavy (non-hydrogen) atoms. The van der Waals surface area contributed by atoms with E-state index in [1.165, 1.54) is 6.33 Å². The lowest BCUT2D eigenvalue weighted by molar-refractivity contribution is -0.116. The van der Waals surface area contributed by atoms with E-state index in [0.29, 0.717) is 43.7 Å². The first kappa shape index (κ1) is 19.8. The van der Waals surface area contributed by atoms with Gasteiger partial charge in [-0.05, 0) is 42.7 Å². The van der Waals surface area contributed by atoms with Crippen molar-refractivity contribution in [3.05, 3.63) is 71.6 Å². The summed E-state index contributed by atoms with van der Waals surface area (Å²) >= 11 is 0. The Balaban J connectivity index is 1.39. The molecule has 0 radical (unpaired) electrons. The van der Waals surface area contributed by atoms with Gasteiger partial charge in [0.05, 0.1) is 0 Å². The first-order valence-electron chi connectivity index (χ1n) is 10.0. The van der Waals surface area contributed by atoms with Crippen LogP contribution in [0.4, 0.5) is 5.69 Å². The second kappa shape index (κ2) is 8.86. The highest BCUT2D eigenvalue weighted by molar-refractivity contribution is 5.97. The predicted molar refractivity (Wildman–Crippen MR) is 112 cm³/mol. The largest absolute Gasteiger partial charge is 0.334 e. The highest BCUT2D eigenvalue weighted by Gasteiger charge is 2.22. The van der Waals surface area contributed by atoms with Crippen LogP contribution in [0.2, 0.25) is 0 Å². The smallest absolute Gasteiger partial charge is 0.254 e. The number of anilines is 1. The minimum absolute atomic E-state index is 0.0359. The lowest BCUT2D eigenvalue weighted by Crippen LogP contribution is -2.36. The van der Waals surface area contributed by atoms with Crippen LogP contribution in [0.15, 0.2) is 49.2 Å². The van der Waals surface area contributed by atoms with E-state index < -0.39 is 0 Å². The van der Waals surface area contributed by atoms with E-state index in [2.05, 4.69) is 20.4 Å². The topological polar surface area (TPSA) is 93.0 Å². The summed E-state index contributed by atoms with van der Waals surface area (Å²) in [6.07, 6.45) is 6.68. The maximum absolute atomic E-state index is 13.0. The molecule has 3 heterocycles. The van der Waals surface area contributed by atoms with Crippen molar-refractivity contribution in [1.29, 1.82) is 0 Å². The van der Waals surface area contributed by atoms with Gasteiger partial charge in [0.15, 0.2) is 0 Å². The number of aryl methyl sites for hydroxylation is 2. The highest BCUT2D eigenvalue weighted by atomic mass is 16.2. The molecule has 8 nitrogen and oxygen atoms in total. The zero-order valence-electron chi connectivity index (χ0n) is 16.9. The number of hydrogen-bond donors (Lipinski definition) is 1. The summed E-state index contributed by atoms with van der Waals surface area (Å²) < 4.78 is 1.70. The average molecular weight is 404 g/mol. The molecular formula is C22H24N6O2. The van der Waals surface area contributed by atoms with E-state index in [0.717, 1.165) is 23.2 Å². The van der Waals surface area contributed by atoms with Gasteiger partial charge in [0, 0.05) is 55.6 Å². The molecule has 0 fully saturated rings. The second-order valence-electron chi connectivity index (χ2n) is 7.43. The molecule has 0 saturated heterocycles. The quantitative estimate of drug-likeness (QED) is 0.682. The van der Waals surface area contributed by atoms with Gasteiger partial charge in [0.25, 0.3) is 5.91 Å². The van der Waals surface area contributed by atoms with Crippen molar-refractivity contribution < 1.29 is 9.59 Å². The van der Waals surface area contributed by atoms with Gasteiger partial charge in [-0.1, -0.05) is 12.1 Å². The summed E-state index contributed by atoms with van der Waals surface area (Å²) in [4.78, 5) is 35.5. The molecule has 0 unspecified atom stereocenters. The van der Waals surface area contributed by atoms with E-state index in [-0.39, 0.29) is 11.8 Å². The number of carbonyl (C=O) groups is 2. The van der Waals surface area contributed by atoms with Crippen LogP contribution in [0, 0.1) is 6.92 Å². The third-order valence-corrected chi connectivity index (χ3v) is 5.27. The molecule has 4 rings (SSSR count). The first-order valence-corrected chi connectivity index (χ1v) is 10.0. The van der Waals surface area contributed by atoms with Crippen LogP contribution >= 0.6 is 0 Å². The molecule has 1 aliphatic rings. The Morgan fingerprint density at radius 2 is 2.13 bits per heavy atom. The molecule has 0 aliphatic carbocycles. The average Bonchev–Trinajstić information content (AvgIpc) is 3.28. The molecule has 8 heteroatoms. The van der Waals surface area contributed by atoms with E-state index in [4.69, 9.17) is 0 Å². The summed E-state index contributed by atoms with van der Waals surface area (Å²) in [7, 11) is 0. The summed E-state index contributed by atoms with van der Waals surface area (Å²) in [5.41, 5.74) is 4.32. The van der Waals surface area contributed by atoms with Crippen LogP contribution in [-0.4, -0.2) is 43.0 Å².